The van der Waals surface area contributed by atoms with E-state index in [1.807, 2.05) is 0 Å². The lowest BCUT2D eigenvalue weighted by Gasteiger charge is -2.19. The van der Waals surface area contributed by atoms with Crippen molar-refractivity contribution in [2.45, 2.75) is 245 Å². The molecule has 0 saturated heterocycles. The predicted molar refractivity (Wildman–Crippen MR) is 225 cm³/mol. The number of rotatable bonds is 44. The van der Waals surface area contributed by atoms with Crippen molar-refractivity contribution in [2.24, 2.45) is 5.73 Å². The van der Waals surface area contributed by atoms with Crippen LogP contribution in [0.2, 0.25) is 0 Å². The molecule has 0 radical (unpaired) electrons. The molecule has 0 aromatic carbocycles. The molecule has 0 fully saturated rings. The Hall–Kier alpha value is -0.990. The molecule has 0 bridgehead atoms. The number of hydrogen-bond donors (Lipinski definition) is 2. The van der Waals surface area contributed by atoms with Crippen LogP contribution in [0.1, 0.15) is 239 Å². The van der Waals surface area contributed by atoms with E-state index in [1.54, 1.807) is 0 Å². The minimum atomic E-state index is -4.37. The van der Waals surface area contributed by atoms with Gasteiger partial charge in [-0.3, -0.25) is 18.6 Å². The van der Waals surface area contributed by atoms with Crippen LogP contribution in [-0.2, 0) is 32.7 Å². The van der Waals surface area contributed by atoms with Gasteiger partial charge in [-0.05, 0) is 12.8 Å². The van der Waals surface area contributed by atoms with E-state index in [0.29, 0.717) is 6.42 Å². The van der Waals surface area contributed by atoms with Gasteiger partial charge in [-0.15, -0.1) is 0 Å². The molecular formula is C44H88NO8P. The fraction of sp³-hybridized carbons (Fsp3) is 0.955. The summed E-state index contributed by atoms with van der Waals surface area (Å²) in [5, 5.41) is 0. The average Bonchev–Trinajstić information content (AvgIpc) is 3.16. The third kappa shape index (κ3) is 40.7. The lowest BCUT2D eigenvalue weighted by Crippen LogP contribution is -2.29. The molecule has 3 N–H and O–H groups in total. The molecule has 10 heteroatoms. The zero-order valence-corrected chi connectivity index (χ0v) is 36.4. The number of carbonyl (C=O) groups excluding carboxylic acids is 2. The SMILES string of the molecule is CCCCCCCCCCCCCCCCCCCC(=O)OC(COC(=O)CCCCCCCCCCCCCCCCCC)COP(=O)(O)OCCN. The summed E-state index contributed by atoms with van der Waals surface area (Å²) >= 11 is 0. The van der Waals surface area contributed by atoms with Gasteiger partial charge in [-0.2, -0.15) is 0 Å². The van der Waals surface area contributed by atoms with Crippen molar-refractivity contribution in [3.63, 3.8) is 0 Å². The van der Waals surface area contributed by atoms with E-state index in [0.717, 1.165) is 32.1 Å². The van der Waals surface area contributed by atoms with Gasteiger partial charge in [0.1, 0.15) is 6.61 Å². The highest BCUT2D eigenvalue weighted by molar-refractivity contribution is 7.47. The Kier molecular flexibility index (Phi) is 40.9. The number of carbonyl (C=O) groups is 2. The lowest BCUT2D eigenvalue weighted by atomic mass is 10.0. The van der Waals surface area contributed by atoms with Crippen LogP contribution >= 0.6 is 7.82 Å². The molecule has 0 aromatic rings. The molecule has 0 rings (SSSR count). The van der Waals surface area contributed by atoms with Crippen molar-refractivity contribution in [2.75, 3.05) is 26.4 Å². The van der Waals surface area contributed by atoms with Crippen molar-refractivity contribution in [3.8, 4) is 0 Å². The molecule has 9 nitrogen and oxygen atoms in total. The smallest absolute Gasteiger partial charge is 0.462 e. The highest BCUT2D eigenvalue weighted by Gasteiger charge is 2.26. The third-order valence-corrected chi connectivity index (χ3v) is 11.2. The topological polar surface area (TPSA) is 134 Å². The minimum Gasteiger partial charge on any atom is -0.462 e. The normalized spacial score (nSPS) is 13.2. The number of unbranched alkanes of at least 4 members (excludes halogenated alkanes) is 31. The van der Waals surface area contributed by atoms with Crippen LogP contribution < -0.4 is 5.73 Å². The van der Waals surface area contributed by atoms with Crippen LogP contribution in [0.5, 0.6) is 0 Å². The molecule has 0 spiro atoms. The largest absolute Gasteiger partial charge is 0.472 e. The molecule has 2 unspecified atom stereocenters. The molecule has 2 atom stereocenters. The van der Waals surface area contributed by atoms with Gasteiger partial charge in [0.05, 0.1) is 13.2 Å². The maximum atomic E-state index is 12.6. The summed E-state index contributed by atoms with van der Waals surface area (Å²) < 4.78 is 32.8. The summed E-state index contributed by atoms with van der Waals surface area (Å²) in [4.78, 5) is 34.9. The molecular weight excluding hydrogens is 701 g/mol. The maximum Gasteiger partial charge on any atom is 0.472 e. The maximum absolute atomic E-state index is 12.6. The molecule has 0 aromatic heterocycles. The molecule has 0 saturated carbocycles. The second-order valence-electron chi connectivity index (χ2n) is 15.6. The molecule has 54 heavy (non-hydrogen) atoms. The number of nitrogens with two attached hydrogens (primary N) is 1. The van der Waals surface area contributed by atoms with E-state index < -0.39 is 26.5 Å². The molecule has 0 heterocycles. The number of phosphoric ester groups is 1. The fourth-order valence-electron chi connectivity index (χ4n) is 6.81. The van der Waals surface area contributed by atoms with Crippen LogP contribution in [0.4, 0.5) is 0 Å². The Morgan fingerprint density at radius 3 is 1.13 bits per heavy atom. The Labute approximate surface area is 333 Å². The van der Waals surface area contributed by atoms with Crippen LogP contribution in [0.3, 0.4) is 0 Å². The van der Waals surface area contributed by atoms with Gasteiger partial charge in [-0.1, -0.05) is 213 Å². The van der Waals surface area contributed by atoms with Crippen molar-refractivity contribution in [1.29, 1.82) is 0 Å². The number of hydrogen-bond acceptors (Lipinski definition) is 8. The van der Waals surface area contributed by atoms with E-state index >= 15 is 0 Å². The monoisotopic (exact) mass is 790 g/mol. The van der Waals surface area contributed by atoms with E-state index in [1.165, 1.54) is 173 Å². The van der Waals surface area contributed by atoms with Gasteiger partial charge in [0.15, 0.2) is 6.10 Å². The van der Waals surface area contributed by atoms with Crippen LogP contribution in [-0.4, -0.2) is 49.3 Å². The van der Waals surface area contributed by atoms with E-state index in [-0.39, 0.29) is 38.6 Å². The minimum absolute atomic E-state index is 0.0582. The first kappa shape index (κ1) is 53.0. The number of phosphoric acid groups is 1. The zero-order valence-electron chi connectivity index (χ0n) is 35.5. The second kappa shape index (κ2) is 41.6. The average molecular weight is 790 g/mol. The first-order valence-corrected chi connectivity index (χ1v) is 24.5. The Morgan fingerprint density at radius 1 is 0.481 bits per heavy atom. The summed E-state index contributed by atoms with van der Waals surface area (Å²) in [7, 11) is -4.37. The number of ether oxygens (including phenoxy) is 2. The third-order valence-electron chi connectivity index (χ3n) is 10.2. The van der Waals surface area contributed by atoms with Crippen LogP contribution in [0.25, 0.3) is 0 Å². The fourth-order valence-corrected chi connectivity index (χ4v) is 7.58. The summed E-state index contributed by atoms with van der Waals surface area (Å²) in [6.07, 6.45) is 41.3. The number of esters is 2. The van der Waals surface area contributed by atoms with Gasteiger partial charge < -0.3 is 20.1 Å². The van der Waals surface area contributed by atoms with Crippen molar-refractivity contribution >= 4 is 19.8 Å². The van der Waals surface area contributed by atoms with Gasteiger partial charge in [0.25, 0.3) is 0 Å². The van der Waals surface area contributed by atoms with Crippen molar-refractivity contribution < 1.29 is 37.6 Å². The quantitative estimate of drug-likeness (QED) is 0.0351. The van der Waals surface area contributed by atoms with Crippen molar-refractivity contribution in [1.82, 2.24) is 0 Å². The Balaban J connectivity index is 4.06. The van der Waals surface area contributed by atoms with Gasteiger partial charge >= 0.3 is 19.8 Å². The standard InChI is InChI=1S/C44H88NO8P/c1-3-5-7-9-11-13-15-17-19-21-23-25-27-29-31-33-35-37-44(47)53-42(41-52-54(48,49)51-39-38-45)40-50-43(46)36-34-32-30-28-26-24-22-20-18-16-14-12-10-8-6-4-2/h42H,3-41,45H2,1-2H3,(H,48,49). The predicted octanol–water partition coefficient (Wildman–Crippen LogP) is 13.2. The summed E-state index contributed by atoms with van der Waals surface area (Å²) in [6.45, 7) is 3.79. The first-order valence-electron chi connectivity index (χ1n) is 23.0. The van der Waals surface area contributed by atoms with Crippen LogP contribution in [0, 0.1) is 0 Å². The Bertz CT molecular complexity index is 860. The lowest BCUT2D eigenvalue weighted by molar-refractivity contribution is -0.161. The van der Waals surface area contributed by atoms with Gasteiger partial charge in [0, 0.05) is 19.4 Å². The van der Waals surface area contributed by atoms with Crippen molar-refractivity contribution in [3.05, 3.63) is 0 Å². The highest BCUT2D eigenvalue weighted by Crippen LogP contribution is 2.43. The second-order valence-corrected chi connectivity index (χ2v) is 17.1. The highest BCUT2D eigenvalue weighted by atomic mass is 31.2. The molecule has 0 aliphatic rings. The zero-order chi connectivity index (χ0) is 39.6. The van der Waals surface area contributed by atoms with Crippen LogP contribution in [0.15, 0.2) is 0 Å². The summed E-state index contributed by atoms with van der Waals surface area (Å²) in [5.74, 6) is -0.810. The van der Waals surface area contributed by atoms with Gasteiger partial charge in [-0.25, -0.2) is 4.57 Å². The molecule has 0 aliphatic carbocycles. The Morgan fingerprint density at radius 2 is 0.796 bits per heavy atom. The van der Waals surface area contributed by atoms with E-state index in [4.69, 9.17) is 24.3 Å². The summed E-state index contributed by atoms with van der Waals surface area (Å²) in [5.41, 5.74) is 5.35. The molecule has 0 amide bonds. The molecule has 322 valence electrons. The van der Waals surface area contributed by atoms with Gasteiger partial charge in [0.2, 0.25) is 0 Å². The first-order chi connectivity index (χ1) is 26.3. The van der Waals surface area contributed by atoms with E-state index in [2.05, 4.69) is 13.8 Å². The molecule has 0 aliphatic heterocycles. The summed E-state index contributed by atoms with van der Waals surface area (Å²) in [6, 6.07) is 0. The van der Waals surface area contributed by atoms with E-state index in [9.17, 15) is 19.0 Å².